The van der Waals surface area contributed by atoms with E-state index in [4.69, 9.17) is 10.5 Å². The highest BCUT2D eigenvalue weighted by Crippen LogP contribution is 2.34. The Hall–Kier alpha value is -1.80. The van der Waals surface area contributed by atoms with Crippen molar-refractivity contribution in [3.8, 4) is 6.01 Å². The van der Waals surface area contributed by atoms with Crippen LogP contribution in [0.3, 0.4) is 0 Å². The Morgan fingerprint density at radius 2 is 1.81 bits per heavy atom. The second-order valence-electron chi connectivity index (χ2n) is 5.25. The van der Waals surface area contributed by atoms with Crippen LogP contribution in [-0.4, -0.2) is 40.3 Å². The van der Waals surface area contributed by atoms with Gasteiger partial charge >= 0.3 is 12.2 Å². The molecule has 0 radical (unpaired) electrons. The van der Waals surface area contributed by atoms with Crippen LogP contribution in [0.15, 0.2) is 0 Å². The molecule has 0 unspecified atom stereocenters. The molecule has 1 fully saturated rings. The fourth-order valence-corrected chi connectivity index (χ4v) is 2.17. The Morgan fingerprint density at radius 1 is 1.19 bits per heavy atom. The van der Waals surface area contributed by atoms with E-state index in [0.29, 0.717) is 0 Å². The quantitative estimate of drug-likeness (QED) is 0.920. The summed E-state index contributed by atoms with van der Waals surface area (Å²) in [6, 6.07) is 0.0884. The Bertz CT molecular complexity index is 486. The van der Waals surface area contributed by atoms with Gasteiger partial charge in [-0.2, -0.15) is 28.1 Å². The second-order valence-corrected chi connectivity index (χ2v) is 5.25. The molecule has 2 heterocycles. The van der Waals surface area contributed by atoms with Crippen LogP contribution in [0, 0.1) is 5.92 Å². The lowest BCUT2D eigenvalue weighted by Crippen LogP contribution is -2.40. The van der Waals surface area contributed by atoms with Gasteiger partial charge < -0.3 is 15.4 Å². The first kappa shape index (κ1) is 15.6. The van der Waals surface area contributed by atoms with Crippen LogP contribution in [0.1, 0.15) is 26.7 Å². The fraction of sp³-hybridized carbons (Fsp3) is 0.750. The molecule has 118 valence electrons. The third-order valence-corrected chi connectivity index (χ3v) is 3.20. The maximum atomic E-state index is 12.6. The lowest BCUT2D eigenvalue weighted by molar-refractivity contribution is -0.179. The van der Waals surface area contributed by atoms with Gasteiger partial charge in [-0.1, -0.05) is 0 Å². The number of alkyl halides is 3. The van der Waals surface area contributed by atoms with Gasteiger partial charge in [0.25, 0.3) is 0 Å². The SMILES string of the molecule is CC(C)Oc1nc(N)nc(N2CCC(C(F)(F)F)CC2)n1. The average molecular weight is 305 g/mol. The maximum absolute atomic E-state index is 12.6. The van der Waals surface area contributed by atoms with Crippen molar-refractivity contribution < 1.29 is 17.9 Å². The number of rotatable bonds is 3. The largest absolute Gasteiger partial charge is 0.461 e. The number of nitrogens with two attached hydrogens (primary N) is 1. The molecule has 2 rings (SSSR count). The molecule has 21 heavy (non-hydrogen) atoms. The van der Waals surface area contributed by atoms with Crippen LogP contribution in [0.4, 0.5) is 25.1 Å². The van der Waals surface area contributed by atoms with Gasteiger partial charge in [0.15, 0.2) is 0 Å². The van der Waals surface area contributed by atoms with Gasteiger partial charge in [0.1, 0.15) is 0 Å². The van der Waals surface area contributed by atoms with E-state index in [1.165, 1.54) is 0 Å². The molecule has 1 saturated heterocycles. The number of hydrogen-bond acceptors (Lipinski definition) is 6. The van der Waals surface area contributed by atoms with E-state index in [9.17, 15) is 13.2 Å². The molecule has 1 aromatic heterocycles. The molecule has 0 aliphatic carbocycles. The molecule has 9 heteroatoms. The first-order valence-electron chi connectivity index (χ1n) is 6.75. The summed E-state index contributed by atoms with van der Waals surface area (Å²) in [6.45, 7) is 4.09. The molecule has 2 N–H and O–H groups in total. The minimum atomic E-state index is -4.14. The van der Waals surface area contributed by atoms with Gasteiger partial charge in [0.2, 0.25) is 11.9 Å². The molecule has 0 aromatic carbocycles. The summed E-state index contributed by atoms with van der Waals surface area (Å²) in [5.74, 6) is -1.01. The smallest absolute Gasteiger partial charge is 0.391 e. The van der Waals surface area contributed by atoms with E-state index >= 15 is 0 Å². The van der Waals surface area contributed by atoms with Crippen LogP contribution < -0.4 is 15.4 Å². The van der Waals surface area contributed by atoms with Gasteiger partial charge in [-0.05, 0) is 26.7 Å². The van der Waals surface area contributed by atoms with Crippen molar-refractivity contribution in [1.82, 2.24) is 15.0 Å². The molecule has 0 saturated carbocycles. The first-order chi connectivity index (χ1) is 9.75. The maximum Gasteiger partial charge on any atom is 0.391 e. The van der Waals surface area contributed by atoms with E-state index in [1.807, 2.05) is 13.8 Å². The predicted molar refractivity (Wildman–Crippen MR) is 71.0 cm³/mol. The Morgan fingerprint density at radius 3 is 2.33 bits per heavy atom. The lowest BCUT2D eigenvalue weighted by atomic mass is 9.96. The van der Waals surface area contributed by atoms with E-state index in [1.54, 1.807) is 4.90 Å². The molecule has 1 aromatic rings. The molecule has 0 bridgehead atoms. The molecule has 0 amide bonds. The zero-order valence-electron chi connectivity index (χ0n) is 11.9. The third-order valence-electron chi connectivity index (χ3n) is 3.20. The number of hydrogen-bond donors (Lipinski definition) is 1. The van der Waals surface area contributed by atoms with Gasteiger partial charge in [-0.25, -0.2) is 0 Å². The molecule has 1 aliphatic heterocycles. The molecule has 1 aliphatic rings. The minimum absolute atomic E-state index is 0.00593. The van der Waals surface area contributed by atoms with Crippen molar-refractivity contribution in [3.63, 3.8) is 0 Å². The van der Waals surface area contributed by atoms with Crippen molar-refractivity contribution in [2.45, 2.75) is 39.0 Å². The van der Waals surface area contributed by atoms with Crippen LogP contribution in [0.2, 0.25) is 0 Å². The van der Waals surface area contributed by atoms with E-state index in [-0.39, 0.29) is 49.9 Å². The highest BCUT2D eigenvalue weighted by Gasteiger charge is 2.41. The highest BCUT2D eigenvalue weighted by molar-refractivity contribution is 5.36. The molecule has 0 atom stereocenters. The summed E-state index contributed by atoms with van der Waals surface area (Å²) in [5.41, 5.74) is 5.59. The summed E-state index contributed by atoms with van der Waals surface area (Å²) >= 11 is 0. The zero-order valence-corrected chi connectivity index (χ0v) is 11.9. The monoisotopic (exact) mass is 305 g/mol. The topological polar surface area (TPSA) is 77.2 Å². The van der Waals surface area contributed by atoms with Crippen molar-refractivity contribution in [2.24, 2.45) is 5.92 Å². The van der Waals surface area contributed by atoms with Crippen molar-refractivity contribution >= 4 is 11.9 Å². The predicted octanol–water partition coefficient (Wildman–Crippen LogP) is 2.02. The molecule has 6 nitrogen and oxygen atoms in total. The normalized spacial score (nSPS) is 17.3. The number of ether oxygens (including phenoxy) is 1. The molecular formula is C12H18F3N5O. The number of aromatic nitrogens is 3. The summed E-state index contributed by atoms with van der Waals surface area (Å²) < 4.78 is 43.3. The highest BCUT2D eigenvalue weighted by atomic mass is 19.4. The fourth-order valence-electron chi connectivity index (χ4n) is 2.17. The summed E-state index contributed by atoms with van der Waals surface area (Å²) in [5, 5.41) is 0. The second kappa shape index (κ2) is 5.90. The molecule has 0 spiro atoms. The van der Waals surface area contributed by atoms with Gasteiger partial charge in [-0.15, -0.1) is 0 Å². The Balaban J connectivity index is 2.08. The lowest BCUT2D eigenvalue weighted by Gasteiger charge is -2.32. The van der Waals surface area contributed by atoms with Crippen molar-refractivity contribution in [3.05, 3.63) is 0 Å². The summed E-state index contributed by atoms with van der Waals surface area (Å²) in [4.78, 5) is 13.6. The van der Waals surface area contributed by atoms with Crippen molar-refractivity contribution in [1.29, 1.82) is 0 Å². The van der Waals surface area contributed by atoms with Gasteiger partial charge in [0.05, 0.1) is 12.0 Å². The van der Waals surface area contributed by atoms with E-state index in [0.717, 1.165) is 0 Å². The Labute approximate surface area is 120 Å². The van der Waals surface area contributed by atoms with Crippen LogP contribution in [0.5, 0.6) is 6.01 Å². The van der Waals surface area contributed by atoms with Gasteiger partial charge in [-0.3, -0.25) is 0 Å². The number of halogens is 3. The van der Waals surface area contributed by atoms with Gasteiger partial charge in [0, 0.05) is 13.1 Å². The first-order valence-corrected chi connectivity index (χ1v) is 6.75. The third kappa shape index (κ3) is 4.08. The minimum Gasteiger partial charge on any atom is -0.461 e. The zero-order chi connectivity index (χ0) is 15.6. The number of anilines is 2. The number of nitrogen functional groups attached to an aromatic ring is 1. The molecular weight excluding hydrogens is 287 g/mol. The van der Waals surface area contributed by atoms with E-state index < -0.39 is 12.1 Å². The average Bonchev–Trinajstić information content (AvgIpc) is 2.36. The number of piperidine rings is 1. The van der Waals surface area contributed by atoms with Crippen LogP contribution >= 0.6 is 0 Å². The summed E-state index contributed by atoms with van der Waals surface area (Å²) in [7, 11) is 0. The standard InChI is InChI=1S/C12H18F3N5O/c1-7(2)21-11-18-9(16)17-10(19-11)20-5-3-8(4-6-20)12(13,14)15/h7-8H,3-6H2,1-2H3,(H2,16,17,18,19). The van der Waals surface area contributed by atoms with Crippen LogP contribution in [0.25, 0.3) is 0 Å². The number of nitrogens with zero attached hydrogens (tertiary/aromatic N) is 4. The van der Waals surface area contributed by atoms with Crippen molar-refractivity contribution in [2.75, 3.05) is 23.7 Å². The van der Waals surface area contributed by atoms with Crippen LogP contribution in [-0.2, 0) is 0 Å². The summed E-state index contributed by atoms with van der Waals surface area (Å²) in [6.07, 6.45) is -4.23. The van der Waals surface area contributed by atoms with E-state index in [2.05, 4.69) is 15.0 Å². The Kier molecular flexibility index (Phi) is 4.38.